The van der Waals surface area contributed by atoms with E-state index < -0.39 is 0 Å². The van der Waals surface area contributed by atoms with Crippen molar-refractivity contribution in [3.63, 3.8) is 0 Å². The van der Waals surface area contributed by atoms with Gasteiger partial charge in [-0.25, -0.2) is 5.10 Å². The number of aromatic nitrogens is 4. The molecule has 3 rings (SSSR count). The van der Waals surface area contributed by atoms with Crippen LogP contribution in [0.2, 0.25) is 0 Å². The van der Waals surface area contributed by atoms with E-state index in [0.717, 1.165) is 18.8 Å². The molecule has 26 heavy (non-hydrogen) atoms. The second kappa shape index (κ2) is 7.92. The van der Waals surface area contributed by atoms with E-state index in [-0.39, 0.29) is 5.75 Å². The minimum Gasteiger partial charge on any atom is -0.507 e. The molecule has 134 valence electrons. The summed E-state index contributed by atoms with van der Waals surface area (Å²) in [6.07, 6.45) is 3.23. The Kier molecular flexibility index (Phi) is 5.43. The average molecular weight is 368 g/mol. The predicted octanol–water partition coefficient (Wildman–Crippen LogP) is 3.44. The normalized spacial score (nSPS) is 11.2. The summed E-state index contributed by atoms with van der Waals surface area (Å²) in [5, 5.41) is 21.6. The zero-order valence-corrected chi connectivity index (χ0v) is 15.4. The van der Waals surface area contributed by atoms with Gasteiger partial charge in [0.15, 0.2) is 0 Å². The number of anilines is 1. The molecule has 0 atom stereocenters. The monoisotopic (exact) mass is 368 g/mol. The van der Waals surface area contributed by atoms with Gasteiger partial charge in [-0.15, -0.1) is 0 Å². The number of hydrogen-bond donors (Lipinski definition) is 2. The van der Waals surface area contributed by atoms with Crippen LogP contribution in [0.1, 0.15) is 19.4 Å². The fourth-order valence-corrected chi connectivity index (χ4v) is 2.79. The highest BCUT2D eigenvalue weighted by Gasteiger charge is 2.09. The van der Waals surface area contributed by atoms with Gasteiger partial charge in [0.05, 0.1) is 6.21 Å². The highest BCUT2D eigenvalue weighted by molar-refractivity contribution is 7.71. The Balaban J connectivity index is 1.92. The van der Waals surface area contributed by atoms with Crippen molar-refractivity contribution in [2.75, 3.05) is 18.0 Å². The van der Waals surface area contributed by atoms with Gasteiger partial charge in [-0.2, -0.15) is 14.9 Å². The Morgan fingerprint density at radius 2 is 2.08 bits per heavy atom. The molecule has 0 aliphatic carbocycles. The number of pyridine rings is 1. The summed E-state index contributed by atoms with van der Waals surface area (Å²) in [6.45, 7) is 5.91. The molecule has 0 saturated heterocycles. The van der Waals surface area contributed by atoms with Crippen LogP contribution >= 0.6 is 12.2 Å². The van der Waals surface area contributed by atoms with Crippen LogP contribution in [0.3, 0.4) is 0 Å². The van der Waals surface area contributed by atoms with Gasteiger partial charge < -0.3 is 10.0 Å². The smallest absolute Gasteiger partial charge is 0.216 e. The molecule has 0 aliphatic rings. The molecule has 7 nitrogen and oxygen atoms in total. The first-order valence-corrected chi connectivity index (χ1v) is 8.76. The van der Waals surface area contributed by atoms with E-state index in [4.69, 9.17) is 12.2 Å². The molecule has 0 amide bonds. The van der Waals surface area contributed by atoms with Crippen LogP contribution < -0.4 is 4.90 Å². The largest absolute Gasteiger partial charge is 0.507 e. The van der Waals surface area contributed by atoms with Gasteiger partial charge in [0.2, 0.25) is 10.6 Å². The fourth-order valence-electron chi connectivity index (χ4n) is 2.61. The molecule has 0 aliphatic heterocycles. The number of aromatic hydroxyl groups is 1. The van der Waals surface area contributed by atoms with Crippen LogP contribution in [0.25, 0.3) is 11.5 Å². The van der Waals surface area contributed by atoms with Crippen molar-refractivity contribution in [1.29, 1.82) is 0 Å². The van der Waals surface area contributed by atoms with E-state index in [0.29, 0.717) is 21.9 Å². The topological polar surface area (TPSA) is 82.3 Å². The molecule has 0 spiro atoms. The number of nitrogens with one attached hydrogen (secondary N) is 1. The lowest BCUT2D eigenvalue weighted by atomic mass is 10.2. The minimum absolute atomic E-state index is 0.160. The first-order valence-electron chi connectivity index (χ1n) is 8.35. The number of H-pyrrole nitrogens is 1. The lowest BCUT2D eigenvalue weighted by molar-refractivity contribution is 0.474. The van der Waals surface area contributed by atoms with Crippen LogP contribution in [0.5, 0.6) is 5.75 Å². The molecule has 0 unspecified atom stereocenters. The van der Waals surface area contributed by atoms with Crippen LogP contribution in [0, 0.1) is 4.77 Å². The number of aromatic amines is 1. The SMILES string of the molecule is CCN(CC)c1ccc(/C=N\n2c(-c3ccccn3)n[nH]c2=S)c(O)c1. The van der Waals surface area contributed by atoms with E-state index in [1.165, 1.54) is 4.68 Å². The first-order chi connectivity index (χ1) is 12.6. The molecule has 2 heterocycles. The zero-order valence-electron chi connectivity index (χ0n) is 14.6. The Morgan fingerprint density at radius 1 is 1.27 bits per heavy atom. The van der Waals surface area contributed by atoms with Crippen LogP contribution in [-0.4, -0.2) is 44.3 Å². The molecular formula is C18H20N6OS. The Hall–Kier alpha value is -3.00. The third-order valence-electron chi connectivity index (χ3n) is 4.00. The highest BCUT2D eigenvalue weighted by atomic mass is 32.1. The van der Waals surface area contributed by atoms with E-state index >= 15 is 0 Å². The number of nitrogens with zero attached hydrogens (tertiary/aromatic N) is 5. The minimum atomic E-state index is 0.160. The lowest BCUT2D eigenvalue weighted by Gasteiger charge is -2.21. The van der Waals surface area contributed by atoms with Gasteiger partial charge in [0.25, 0.3) is 0 Å². The van der Waals surface area contributed by atoms with Crippen molar-refractivity contribution in [2.24, 2.45) is 5.10 Å². The van der Waals surface area contributed by atoms with Crippen molar-refractivity contribution < 1.29 is 5.11 Å². The van der Waals surface area contributed by atoms with Gasteiger partial charge >= 0.3 is 0 Å². The van der Waals surface area contributed by atoms with Crippen molar-refractivity contribution >= 4 is 24.1 Å². The summed E-state index contributed by atoms with van der Waals surface area (Å²) >= 11 is 5.24. The molecule has 0 saturated carbocycles. The molecule has 0 radical (unpaired) electrons. The van der Waals surface area contributed by atoms with Crippen LogP contribution in [0.4, 0.5) is 5.69 Å². The quantitative estimate of drug-likeness (QED) is 0.514. The van der Waals surface area contributed by atoms with Crippen LogP contribution in [0.15, 0.2) is 47.7 Å². The molecule has 2 N–H and O–H groups in total. The van der Waals surface area contributed by atoms with E-state index in [9.17, 15) is 5.11 Å². The van der Waals surface area contributed by atoms with Gasteiger partial charge in [0.1, 0.15) is 11.4 Å². The first kappa shape index (κ1) is 17.8. The third kappa shape index (κ3) is 3.65. The molecule has 3 aromatic rings. The van der Waals surface area contributed by atoms with Crippen molar-refractivity contribution in [3.05, 3.63) is 52.9 Å². The van der Waals surface area contributed by atoms with Gasteiger partial charge in [-0.3, -0.25) is 4.98 Å². The highest BCUT2D eigenvalue weighted by Crippen LogP contribution is 2.24. The zero-order chi connectivity index (χ0) is 18.5. The number of phenolic OH excluding ortho intramolecular Hbond substituents is 1. The maximum Gasteiger partial charge on any atom is 0.216 e. The molecule has 8 heteroatoms. The third-order valence-corrected chi connectivity index (χ3v) is 4.26. The second-order valence-corrected chi connectivity index (χ2v) is 5.93. The lowest BCUT2D eigenvalue weighted by Crippen LogP contribution is -2.21. The predicted molar refractivity (Wildman–Crippen MR) is 105 cm³/mol. The van der Waals surface area contributed by atoms with E-state index in [1.54, 1.807) is 18.5 Å². The average Bonchev–Trinajstić information content (AvgIpc) is 3.03. The number of benzene rings is 1. The van der Waals surface area contributed by atoms with E-state index in [2.05, 4.69) is 39.0 Å². The molecule has 0 fully saturated rings. The Morgan fingerprint density at radius 3 is 2.73 bits per heavy atom. The summed E-state index contributed by atoms with van der Waals surface area (Å²) in [7, 11) is 0. The van der Waals surface area contributed by atoms with Crippen molar-refractivity contribution in [2.45, 2.75) is 13.8 Å². The van der Waals surface area contributed by atoms with Crippen LogP contribution in [-0.2, 0) is 0 Å². The molecule has 2 aromatic heterocycles. The summed E-state index contributed by atoms with van der Waals surface area (Å²) in [5.74, 6) is 0.665. The summed E-state index contributed by atoms with van der Waals surface area (Å²) in [4.78, 5) is 6.43. The summed E-state index contributed by atoms with van der Waals surface area (Å²) in [5.41, 5.74) is 2.22. The molecule has 1 aromatic carbocycles. The maximum absolute atomic E-state index is 10.3. The fraction of sp³-hybridized carbons (Fsp3) is 0.222. The maximum atomic E-state index is 10.3. The standard InChI is InChI=1S/C18H20N6OS/c1-3-23(4-2)14-9-8-13(16(25)11-14)12-20-24-17(21-22-18(24)26)15-7-5-6-10-19-15/h5-12,25H,3-4H2,1-2H3,(H,22,26)/b20-12-. The van der Waals surface area contributed by atoms with E-state index in [1.807, 2.05) is 30.3 Å². The number of hydrogen-bond acceptors (Lipinski definition) is 6. The molecule has 0 bridgehead atoms. The summed E-state index contributed by atoms with van der Waals surface area (Å²) < 4.78 is 1.83. The van der Waals surface area contributed by atoms with Gasteiger partial charge in [-0.05, 0) is 50.3 Å². The number of phenols is 1. The molecular weight excluding hydrogens is 348 g/mol. The van der Waals surface area contributed by atoms with Crippen molar-refractivity contribution in [3.8, 4) is 17.3 Å². The summed E-state index contributed by atoms with van der Waals surface area (Å²) in [6, 6.07) is 11.1. The van der Waals surface area contributed by atoms with Gasteiger partial charge in [0, 0.05) is 36.6 Å². The van der Waals surface area contributed by atoms with Gasteiger partial charge in [-0.1, -0.05) is 6.07 Å². The number of rotatable bonds is 6. The van der Waals surface area contributed by atoms with Crippen molar-refractivity contribution in [1.82, 2.24) is 19.9 Å². The Labute approximate surface area is 156 Å². The second-order valence-electron chi connectivity index (χ2n) is 5.54. The Bertz CT molecular complexity index is 959.